The topological polar surface area (TPSA) is 0 Å². The van der Waals surface area contributed by atoms with Gasteiger partial charge in [-0.2, -0.15) is 18.6 Å². The first kappa shape index (κ1) is 28.0. The van der Waals surface area contributed by atoms with Crippen LogP contribution in [0.4, 0.5) is 0 Å². The van der Waals surface area contributed by atoms with Crippen LogP contribution in [0.3, 0.4) is 0 Å². The Morgan fingerprint density at radius 1 is 1.00 bits per heavy atom. The molecule has 0 saturated heterocycles. The zero-order valence-electron chi connectivity index (χ0n) is 10.6. The molecule has 0 heterocycles. The summed E-state index contributed by atoms with van der Waals surface area (Å²) >= 11 is 0. The Bertz CT molecular complexity index is 321. The smallest absolute Gasteiger partial charge is 0 e. The van der Waals surface area contributed by atoms with Crippen LogP contribution in [0, 0.1) is 18.6 Å². The molecule has 0 fully saturated rings. The molecule has 18 heavy (non-hydrogen) atoms. The van der Waals surface area contributed by atoms with E-state index in [9.17, 15) is 0 Å². The van der Waals surface area contributed by atoms with Crippen LogP contribution in [-0.4, -0.2) is 0 Å². The standard InChI is InChI=1S/C12H9.C2H6.3W.Y/c1-2-6-11(7-3-1)10-12-8-4-5-9-12;1-2;;;;/h1-3,6-7,9-10H,4H2;1-2H3;;;;/q-3;;;;;. The van der Waals surface area contributed by atoms with Gasteiger partial charge in [0.2, 0.25) is 0 Å². The maximum atomic E-state index is 3.20. The van der Waals surface area contributed by atoms with Crippen LogP contribution in [0.15, 0.2) is 42.0 Å². The van der Waals surface area contributed by atoms with E-state index in [1.165, 1.54) is 5.56 Å². The summed E-state index contributed by atoms with van der Waals surface area (Å²) in [6, 6.07) is 10.3. The van der Waals surface area contributed by atoms with Crippen molar-refractivity contribution in [2.45, 2.75) is 20.3 Å². The maximum absolute atomic E-state index is 3.20. The van der Waals surface area contributed by atoms with Crippen molar-refractivity contribution in [3.05, 3.63) is 66.1 Å². The fourth-order valence-electron chi connectivity index (χ4n) is 1.19. The molecule has 0 aromatic heterocycles. The van der Waals surface area contributed by atoms with Gasteiger partial charge in [0.15, 0.2) is 0 Å². The molecule has 0 nitrogen and oxygen atoms in total. The largest absolute Gasteiger partial charge is 0.389 e. The van der Waals surface area contributed by atoms with Crippen LogP contribution in [0.2, 0.25) is 0 Å². The first-order valence-corrected chi connectivity index (χ1v) is 5.02. The minimum atomic E-state index is 0. The molecular weight excluding hydrogens is 809 g/mol. The fourth-order valence-corrected chi connectivity index (χ4v) is 1.19. The van der Waals surface area contributed by atoms with Gasteiger partial charge in [-0.3, -0.25) is 6.42 Å². The Labute approximate surface area is 180 Å². The van der Waals surface area contributed by atoms with E-state index in [2.05, 4.69) is 30.7 Å². The van der Waals surface area contributed by atoms with E-state index in [1.54, 1.807) is 0 Å². The number of hydrogen-bond acceptors (Lipinski definition) is 0. The molecule has 0 spiro atoms. The molecule has 0 atom stereocenters. The van der Waals surface area contributed by atoms with Crippen LogP contribution in [0.1, 0.15) is 25.8 Å². The summed E-state index contributed by atoms with van der Waals surface area (Å²) in [7, 11) is 0. The van der Waals surface area contributed by atoms with Gasteiger partial charge >= 0.3 is 0 Å². The zero-order valence-corrected chi connectivity index (χ0v) is 22.2. The second-order valence-electron chi connectivity index (χ2n) is 2.71. The third kappa shape index (κ3) is 11.6. The van der Waals surface area contributed by atoms with Gasteiger partial charge in [-0.05, 0) is 0 Å². The van der Waals surface area contributed by atoms with Crippen molar-refractivity contribution in [1.29, 1.82) is 0 Å². The predicted molar refractivity (Wildman–Crippen MR) is 60.4 cm³/mol. The van der Waals surface area contributed by atoms with Crippen LogP contribution >= 0.6 is 0 Å². The van der Waals surface area contributed by atoms with Gasteiger partial charge in [0.05, 0.1) is 0 Å². The van der Waals surface area contributed by atoms with Crippen molar-refractivity contribution < 1.29 is 95.9 Å². The third-order valence-electron chi connectivity index (χ3n) is 1.77. The Balaban J connectivity index is -0.000000156. The van der Waals surface area contributed by atoms with E-state index >= 15 is 0 Å². The molecule has 1 radical (unpaired) electrons. The second-order valence-corrected chi connectivity index (χ2v) is 2.71. The summed E-state index contributed by atoms with van der Waals surface area (Å²) in [6.07, 6.45) is 11.2. The first-order chi connectivity index (χ1) is 6.95. The fraction of sp³-hybridized carbons (Fsp3) is 0.214. The number of rotatable bonds is 2. The monoisotopic (exact) mass is 824 g/mol. The molecule has 0 N–H and O–H groups in total. The number of hydrogen-bond donors (Lipinski definition) is 0. The normalized spacial score (nSPS) is 10.0. The minimum absolute atomic E-state index is 0. The minimum Gasteiger partial charge on any atom is -0.389 e. The summed E-state index contributed by atoms with van der Waals surface area (Å²) in [5, 5.41) is 0. The zero-order chi connectivity index (χ0) is 10.2. The van der Waals surface area contributed by atoms with Crippen LogP contribution in [0.25, 0.3) is 0 Å². The van der Waals surface area contributed by atoms with Gasteiger partial charge in [-0.15, -0.1) is 12.1 Å². The Morgan fingerprint density at radius 3 is 2.00 bits per heavy atom. The molecule has 0 bridgehead atoms. The maximum Gasteiger partial charge on any atom is 0 e. The number of allylic oxidation sites excluding steroid dienone is 4. The quantitative estimate of drug-likeness (QED) is 0.400. The first-order valence-electron chi connectivity index (χ1n) is 5.02. The van der Waals surface area contributed by atoms with Crippen molar-refractivity contribution in [3.8, 4) is 0 Å². The third-order valence-corrected chi connectivity index (χ3v) is 1.77. The summed E-state index contributed by atoms with van der Waals surface area (Å²) in [4.78, 5) is 0. The summed E-state index contributed by atoms with van der Waals surface area (Å²) in [6.45, 7) is 4.00. The molecule has 4 heteroatoms. The molecule has 1 aromatic carbocycles. The molecule has 0 amide bonds. The molecule has 2 rings (SSSR count). The van der Waals surface area contributed by atoms with Crippen molar-refractivity contribution in [2.75, 3.05) is 0 Å². The molecule has 0 aliphatic heterocycles. The van der Waals surface area contributed by atoms with Crippen LogP contribution < -0.4 is 0 Å². The van der Waals surface area contributed by atoms with Gasteiger partial charge in [-0.25, -0.2) is 5.56 Å². The molecule has 1 aliphatic rings. The Kier molecular flexibility index (Phi) is 29.1. The van der Waals surface area contributed by atoms with E-state index in [0.29, 0.717) is 0 Å². The summed E-state index contributed by atoms with van der Waals surface area (Å²) in [5.74, 6) is 0. The molecule has 1 aromatic rings. The Morgan fingerprint density at radius 2 is 1.56 bits per heavy atom. The number of benzene rings is 1. The van der Waals surface area contributed by atoms with E-state index in [-0.39, 0.29) is 95.9 Å². The van der Waals surface area contributed by atoms with Gasteiger partial charge in [0.1, 0.15) is 0 Å². The van der Waals surface area contributed by atoms with Crippen LogP contribution in [-0.2, 0) is 95.9 Å². The summed E-state index contributed by atoms with van der Waals surface area (Å²) < 4.78 is 0. The van der Waals surface area contributed by atoms with Gasteiger partial charge in [0, 0.05) is 95.9 Å². The molecule has 95 valence electrons. The summed E-state index contributed by atoms with van der Waals surface area (Å²) in [5.41, 5.74) is 2.36. The molecule has 0 unspecified atom stereocenters. The SMILES string of the molecule is CC.[C-]1=CC([CH-]c2ccccc2)=[C-]C1.[W].[W].[W].[Y]. The molecular formula is C14H15W3Y-3. The molecule has 1 aliphatic carbocycles. The van der Waals surface area contributed by atoms with Crippen molar-refractivity contribution in [2.24, 2.45) is 0 Å². The van der Waals surface area contributed by atoms with Gasteiger partial charge < -0.3 is 23.8 Å². The molecule has 0 saturated carbocycles. The van der Waals surface area contributed by atoms with Crippen molar-refractivity contribution in [1.82, 2.24) is 0 Å². The average Bonchev–Trinajstić information content (AvgIpc) is 2.75. The van der Waals surface area contributed by atoms with E-state index in [0.717, 1.165) is 12.0 Å². The van der Waals surface area contributed by atoms with E-state index < -0.39 is 0 Å². The second kappa shape index (κ2) is 18.7. The Hall–Kier alpha value is 1.74. The van der Waals surface area contributed by atoms with E-state index in [4.69, 9.17) is 0 Å². The van der Waals surface area contributed by atoms with Crippen LogP contribution in [0.5, 0.6) is 0 Å². The van der Waals surface area contributed by atoms with Crippen molar-refractivity contribution >= 4 is 0 Å². The average molecular weight is 824 g/mol. The van der Waals surface area contributed by atoms with Gasteiger partial charge in [-0.1, -0.05) is 19.9 Å². The van der Waals surface area contributed by atoms with Gasteiger partial charge in [0.25, 0.3) is 0 Å². The van der Waals surface area contributed by atoms with Crippen molar-refractivity contribution in [3.63, 3.8) is 0 Å². The van der Waals surface area contributed by atoms with E-state index in [1.807, 2.05) is 38.1 Å². The predicted octanol–water partition coefficient (Wildman–Crippen LogP) is 3.75.